The fourth-order valence-corrected chi connectivity index (χ4v) is 6.91. The van der Waals surface area contributed by atoms with Crippen LogP contribution in [0.4, 0.5) is 5.69 Å². The van der Waals surface area contributed by atoms with Gasteiger partial charge in [-0.25, -0.2) is 8.42 Å². The molecule has 0 atom stereocenters. The minimum atomic E-state index is -3.05. The number of benzene rings is 1. The zero-order valence-corrected chi connectivity index (χ0v) is 17.0. The maximum Gasteiger partial charge on any atom is 0.248 e. The van der Waals surface area contributed by atoms with Crippen LogP contribution in [0.15, 0.2) is 35.9 Å². The maximum absolute atomic E-state index is 12.5. The van der Waals surface area contributed by atoms with Crippen molar-refractivity contribution in [2.24, 2.45) is 23.2 Å². The van der Waals surface area contributed by atoms with Gasteiger partial charge in [0.2, 0.25) is 5.91 Å². The van der Waals surface area contributed by atoms with Gasteiger partial charge in [-0.2, -0.15) is 0 Å². The van der Waals surface area contributed by atoms with Gasteiger partial charge in [-0.15, -0.1) is 0 Å². The molecule has 0 saturated heterocycles. The predicted octanol–water partition coefficient (Wildman–Crippen LogP) is 4.33. The fraction of sp³-hybridized carbons (Fsp3) is 0.591. The lowest BCUT2D eigenvalue weighted by Crippen LogP contribution is -2.46. The standard InChI is InChI=1S/C22H29NO3S/c1-15(22-11-17-8-18(12-22)10-19(9-17)13-22)7-21(24)23-20-5-3-16(4-6-20)14-27(2,25)26/h3-7,17-19H,8-14H2,1-2H3,(H,23,24). The van der Waals surface area contributed by atoms with Gasteiger partial charge in [-0.05, 0) is 86.3 Å². The summed E-state index contributed by atoms with van der Waals surface area (Å²) in [5, 5.41) is 2.93. The number of hydrogen-bond acceptors (Lipinski definition) is 3. The molecule has 146 valence electrons. The third-order valence-corrected chi connectivity index (χ3v) is 7.73. The van der Waals surface area contributed by atoms with Crippen molar-refractivity contribution < 1.29 is 13.2 Å². The van der Waals surface area contributed by atoms with Gasteiger partial charge in [0.05, 0.1) is 5.75 Å². The van der Waals surface area contributed by atoms with Gasteiger partial charge in [-0.3, -0.25) is 4.79 Å². The van der Waals surface area contributed by atoms with E-state index in [0.717, 1.165) is 23.3 Å². The topological polar surface area (TPSA) is 63.2 Å². The molecule has 5 heteroatoms. The van der Waals surface area contributed by atoms with Crippen molar-refractivity contribution in [1.82, 2.24) is 0 Å². The van der Waals surface area contributed by atoms with Crippen LogP contribution in [0, 0.1) is 23.2 Å². The SMILES string of the molecule is CC(=CC(=O)Nc1ccc(CS(C)(=O)=O)cc1)C12CC3CC(CC(C3)C1)C2. The lowest BCUT2D eigenvalue weighted by Gasteiger charge is -2.57. The van der Waals surface area contributed by atoms with Crippen LogP contribution in [0.1, 0.15) is 51.0 Å². The molecule has 4 aliphatic carbocycles. The average molecular weight is 388 g/mol. The summed E-state index contributed by atoms with van der Waals surface area (Å²) in [5.74, 6) is 2.53. The van der Waals surface area contributed by atoms with Gasteiger partial charge < -0.3 is 5.32 Å². The highest BCUT2D eigenvalue weighted by Crippen LogP contribution is 2.62. The second-order valence-corrected chi connectivity index (χ2v) is 11.4. The lowest BCUT2D eigenvalue weighted by molar-refractivity contribution is -0.112. The van der Waals surface area contributed by atoms with Crippen LogP contribution in [0.5, 0.6) is 0 Å². The first-order valence-electron chi connectivity index (χ1n) is 9.97. The molecule has 4 aliphatic rings. The van der Waals surface area contributed by atoms with Crippen molar-refractivity contribution >= 4 is 21.4 Å². The summed E-state index contributed by atoms with van der Waals surface area (Å²) in [6.07, 6.45) is 11.0. The number of carbonyl (C=O) groups is 1. The molecule has 0 unspecified atom stereocenters. The van der Waals surface area contributed by atoms with Crippen LogP contribution < -0.4 is 5.32 Å². The molecular weight excluding hydrogens is 358 g/mol. The van der Waals surface area contributed by atoms with Crippen molar-refractivity contribution in [3.05, 3.63) is 41.5 Å². The van der Waals surface area contributed by atoms with E-state index in [-0.39, 0.29) is 17.1 Å². The molecule has 1 amide bonds. The van der Waals surface area contributed by atoms with Gasteiger partial charge in [0.25, 0.3) is 0 Å². The minimum Gasteiger partial charge on any atom is -0.323 e. The van der Waals surface area contributed by atoms with E-state index in [1.165, 1.54) is 50.4 Å². The number of nitrogens with one attached hydrogen (secondary N) is 1. The molecule has 0 aromatic heterocycles. The molecule has 0 spiro atoms. The number of carbonyl (C=O) groups excluding carboxylic acids is 1. The number of allylic oxidation sites excluding steroid dienone is 1. The molecule has 4 bridgehead atoms. The van der Waals surface area contributed by atoms with E-state index in [1.54, 1.807) is 30.3 Å². The van der Waals surface area contributed by atoms with E-state index >= 15 is 0 Å². The molecule has 4 fully saturated rings. The minimum absolute atomic E-state index is 0.0201. The molecule has 4 nitrogen and oxygen atoms in total. The van der Waals surface area contributed by atoms with E-state index in [0.29, 0.717) is 5.69 Å². The Labute approximate surface area is 162 Å². The molecule has 0 aliphatic heterocycles. The van der Waals surface area contributed by atoms with Crippen molar-refractivity contribution in [2.75, 3.05) is 11.6 Å². The van der Waals surface area contributed by atoms with Crippen LogP contribution >= 0.6 is 0 Å². The molecule has 4 saturated carbocycles. The van der Waals surface area contributed by atoms with Crippen LogP contribution in [-0.2, 0) is 20.4 Å². The Morgan fingerprint density at radius 2 is 1.59 bits per heavy atom. The van der Waals surface area contributed by atoms with Gasteiger partial charge in [0.1, 0.15) is 0 Å². The van der Waals surface area contributed by atoms with Gasteiger partial charge >= 0.3 is 0 Å². The largest absolute Gasteiger partial charge is 0.323 e. The molecule has 1 aromatic carbocycles. The number of sulfone groups is 1. The van der Waals surface area contributed by atoms with Crippen molar-refractivity contribution in [2.45, 2.75) is 51.2 Å². The summed E-state index contributed by atoms with van der Waals surface area (Å²) in [5.41, 5.74) is 2.93. The Kier molecular flexibility index (Phi) is 4.69. The summed E-state index contributed by atoms with van der Waals surface area (Å²) in [6.45, 7) is 2.14. The molecule has 5 rings (SSSR count). The first kappa shape index (κ1) is 18.7. The second kappa shape index (κ2) is 6.77. The Morgan fingerprint density at radius 3 is 2.07 bits per heavy atom. The summed E-state index contributed by atoms with van der Waals surface area (Å²) in [4.78, 5) is 12.5. The Morgan fingerprint density at radius 1 is 1.07 bits per heavy atom. The van der Waals surface area contributed by atoms with Crippen LogP contribution in [-0.4, -0.2) is 20.6 Å². The number of rotatable bonds is 5. The van der Waals surface area contributed by atoms with E-state index in [2.05, 4.69) is 12.2 Å². The van der Waals surface area contributed by atoms with Crippen LogP contribution in [0.2, 0.25) is 0 Å². The highest BCUT2D eigenvalue weighted by atomic mass is 32.2. The van der Waals surface area contributed by atoms with Gasteiger partial charge in [0, 0.05) is 18.0 Å². The quantitative estimate of drug-likeness (QED) is 0.765. The molecule has 27 heavy (non-hydrogen) atoms. The lowest BCUT2D eigenvalue weighted by atomic mass is 9.48. The van der Waals surface area contributed by atoms with E-state index in [4.69, 9.17) is 0 Å². The van der Waals surface area contributed by atoms with E-state index in [9.17, 15) is 13.2 Å². The highest BCUT2D eigenvalue weighted by Gasteiger charge is 2.51. The second-order valence-electron chi connectivity index (χ2n) is 9.28. The third kappa shape index (κ3) is 4.13. The van der Waals surface area contributed by atoms with E-state index < -0.39 is 9.84 Å². The van der Waals surface area contributed by atoms with Crippen LogP contribution in [0.3, 0.4) is 0 Å². The normalized spacial score (nSPS) is 32.5. The van der Waals surface area contributed by atoms with Crippen LogP contribution in [0.25, 0.3) is 0 Å². The fourth-order valence-electron chi connectivity index (χ4n) is 6.11. The first-order chi connectivity index (χ1) is 12.7. The predicted molar refractivity (Wildman–Crippen MR) is 108 cm³/mol. The smallest absolute Gasteiger partial charge is 0.248 e. The number of amides is 1. The zero-order chi connectivity index (χ0) is 19.2. The summed E-state index contributed by atoms with van der Waals surface area (Å²) in [6, 6.07) is 7.05. The molecular formula is C22H29NO3S. The summed E-state index contributed by atoms with van der Waals surface area (Å²) in [7, 11) is -3.05. The monoisotopic (exact) mass is 387 g/mol. The van der Waals surface area contributed by atoms with Crippen molar-refractivity contribution in [1.29, 1.82) is 0 Å². The summed E-state index contributed by atoms with van der Waals surface area (Å²) < 4.78 is 22.7. The Bertz CT molecular complexity index is 832. The average Bonchev–Trinajstić information content (AvgIpc) is 2.54. The summed E-state index contributed by atoms with van der Waals surface area (Å²) >= 11 is 0. The Balaban J connectivity index is 1.43. The van der Waals surface area contributed by atoms with Crippen molar-refractivity contribution in [3.8, 4) is 0 Å². The number of anilines is 1. The highest BCUT2D eigenvalue weighted by molar-refractivity contribution is 7.89. The maximum atomic E-state index is 12.5. The molecule has 1 N–H and O–H groups in total. The molecule has 0 heterocycles. The van der Waals surface area contributed by atoms with Gasteiger partial charge in [-0.1, -0.05) is 17.7 Å². The number of hydrogen-bond donors (Lipinski definition) is 1. The zero-order valence-electron chi connectivity index (χ0n) is 16.2. The first-order valence-corrected chi connectivity index (χ1v) is 12.0. The Hall–Kier alpha value is -1.62. The third-order valence-electron chi connectivity index (χ3n) is 6.87. The van der Waals surface area contributed by atoms with E-state index in [1.807, 2.05) is 0 Å². The molecule has 0 radical (unpaired) electrons. The van der Waals surface area contributed by atoms with Gasteiger partial charge in [0.15, 0.2) is 9.84 Å². The van der Waals surface area contributed by atoms with Crippen molar-refractivity contribution in [3.63, 3.8) is 0 Å². The molecule has 1 aromatic rings.